The lowest BCUT2D eigenvalue weighted by molar-refractivity contribution is 0.0839. The zero-order chi connectivity index (χ0) is 20.9. The molecule has 158 valence electrons. The highest BCUT2D eigenvalue weighted by Gasteiger charge is 2.22. The lowest BCUT2D eigenvalue weighted by atomic mass is 9.86. The minimum absolute atomic E-state index is 0.0984. The Hall–Kier alpha value is -2.27. The summed E-state index contributed by atoms with van der Waals surface area (Å²) in [7, 11) is 0. The fourth-order valence-corrected chi connectivity index (χ4v) is 4.00. The van der Waals surface area contributed by atoms with Crippen molar-refractivity contribution in [3.63, 3.8) is 0 Å². The zero-order valence-corrected chi connectivity index (χ0v) is 18.1. The van der Waals surface area contributed by atoms with Gasteiger partial charge in [0.2, 0.25) is 0 Å². The highest BCUT2D eigenvalue weighted by Crippen LogP contribution is 2.27. The van der Waals surface area contributed by atoms with Crippen LogP contribution >= 0.6 is 0 Å². The van der Waals surface area contributed by atoms with Crippen molar-refractivity contribution in [1.29, 1.82) is 0 Å². The van der Waals surface area contributed by atoms with E-state index in [1.54, 1.807) is 0 Å². The van der Waals surface area contributed by atoms with Gasteiger partial charge in [-0.3, -0.25) is 4.90 Å². The average molecular weight is 398 g/mol. The van der Waals surface area contributed by atoms with Crippen molar-refractivity contribution in [3.8, 4) is 0 Å². The lowest BCUT2D eigenvalue weighted by Gasteiger charge is -2.37. The number of piperazine rings is 1. The third kappa shape index (κ3) is 6.10. The van der Waals surface area contributed by atoms with E-state index in [2.05, 4.69) is 73.1 Å². The molecule has 29 heavy (non-hydrogen) atoms. The van der Waals surface area contributed by atoms with Gasteiger partial charge in [-0.15, -0.1) is 0 Å². The molecule has 1 fully saturated rings. The molecular formula is C24H35N3O2. The molecule has 0 bridgehead atoms. The summed E-state index contributed by atoms with van der Waals surface area (Å²) in [6.45, 7) is 11.6. The predicted octanol–water partition coefficient (Wildman–Crippen LogP) is 4.36. The molecule has 0 saturated carbocycles. The Bertz CT molecular complexity index is 738. The van der Waals surface area contributed by atoms with Crippen LogP contribution in [0.2, 0.25) is 0 Å². The topological polar surface area (TPSA) is 58.8 Å². The summed E-state index contributed by atoms with van der Waals surface area (Å²) in [5.74, 6) is 0. The molecule has 1 saturated heterocycles. The molecule has 1 atom stereocenters. The molecule has 1 unspecified atom stereocenters. The largest absolute Gasteiger partial charge is 0.441 e. The number of nitrogens with two attached hydrogens (primary N) is 1. The van der Waals surface area contributed by atoms with Gasteiger partial charge in [-0.05, 0) is 35.5 Å². The van der Waals surface area contributed by atoms with Gasteiger partial charge in [-0.1, -0.05) is 57.2 Å². The second kappa shape index (κ2) is 9.49. The Labute approximate surface area is 175 Å². The van der Waals surface area contributed by atoms with E-state index in [1.165, 1.54) is 11.3 Å². The SMILES string of the molecule is CC(C)(C)c1ccc(C(CCN2CCN(C3=CCCC=C3)CC2)OC(N)=O)cc1. The molecule has 1 amide bonds. The summed E-state index contributed by atoms with van der Waals surface area (Å²) in [6.07, 6.45) is 8.89. The Balaban J connectivity index is 1.55. The summed E-state index contributed by atoms with van der Waals surface area (Å²) in [5, 5.41) is 0. The fraction of sp³-hybridized carbons (Fsp3) is 0.542. The van der Waals surface area contributed by atoms with Crippen molar-refractivity contribution in [2.45, 2.75) is 51.6 Å². The minimum atomic E-state index is -0.712. The molecule has 1 aliphatic carbocycles. The molecule has 0 aromatic heterocycles. The number of ether oxygens (including phenoxy) is 1. The van der Waals surface area contributed by atoms with Gasteiger partial charge in [0.25, 0.3) is 0 Å². The quantitative estimate of drug-likeness (QED) is 0.775. The molecule has 1 aromatic rings. The average Bonchev–Trinajstić information content (AvgIpc) is 2.71. The second-order valence-electron chi connectivity index (χ2n) is 9.02. The number of nitrogens with zero attached hydrogens (tertiary/aromatic N) is 2. The number of hydrogen-bond donors (Lipinski definition) is 1. The number of carbonyl (C=O) groups excluding carboxylic acids is 1. The molecule has 1 aromatic carbocycles. The highest BCUT2D eigenvalue weighted by atomic mass is 16.6. The summed E-state index contributed by atoms with van der Waals surface area (Å²) in [6, 6.07) is 8.37. The van der Waals surface area contributed by atoms with Crippen LogP contribution in [0.1, 0.15) is 57.3 Å². The molecule has 3 rings (SSSR count). The van der Waals surface area contributed by atoms with Gasteiger partial charge >= 0.3 is 6.09 Å². The van der Waals surface area contributed by atoms with Gasteiger partial charge in [0, 0.05) is 44.8 Å². The van der Waals surface area contributed by atoms with Gasteiger partial charge in [-0.25, -0.2) is 4.79 Å². The molecule has 2 N–H and O–H groups in total. The first-order valence-corrected chi connectivity index (χ1v) is 10.7. The van der Waals surface area contributed by atoms with Crippen LogP contribution in [0.5, 0.6) is 0 Å². The normalized spacial score (nSPS) is 19.0. The fourth-order valence-electron chi connectivity index (χ4n) is 4.00. The van der Waals surface area contributed by atoms with Gasteiger partial charge in [0.15, 0.2) is 0 Å². The minimum Gasteiger partial charge on any atom is -0.441 e. The molecule has 5 nitrogen and oxygen atoms in total. The maximum Gasteiger partial charge on any atom is 0.405 e. The number of primary amides is 1. The summed E-state index contributed by atoms with van der Waals surface area (Å²) < 4.78 is 5.45. The maximum absolute atomic E-state index is 11.4. The van der Waals surface area contributed by atoms with E-state index in [-0.39, 0.29) is 11.5 Å². The summed E-state index contributed by atoms with van der Waals surface area (Å²) in [4.78, 5) is 16.4. The maximum atomic E-state index is 11.4. The van der Waals surface area contributed by atoms with Gasteiger partial charge < -0.3 is 15.4 Å². The van der Waals surface area contributed by atoms with Crippen molar-refractivity contribution in [2.75, 3.05) is 32.7 Å². The number of carbonyl (C=O) groups is 1. The third-order valence-corrected chi connectivity index (χ3v) is 5.83. The van der Waals surface area contributed by atoms with E-state index >= 15 is 0 Å². The third-order valence-electron chi connectivity index (χ3n) is 5.83. The molecule has 5 heteroatoms. The van der Waals surface area contributed by atoms with E-state index in [4.69, 9.17) is 10.5 Å². The van der Waals surface area contributed by atoms with Crippen LogP contribution in [0.25, 0.3) is 0 Å². The number of hydrogen-bond acceptors (Lipinski definition) is 4. The highest BCUT2D eigenvalue weighted by molar-refractivity contribution is 5.65. The van der Waals surface area contributed by atoms with Crippen LogP contribution in [-0.2, 0) is 10.2 Å². The Morgan fingerprint density at radius 3 is 2.34 bits per heavy atom. The Morgan fingerprint density at radius 1 is 1.10 bits per heavy atom. The van der Waals surface area contributed by atoms with Crippen LogP contribution in [0.15, 0.2) is 48.2 Å². The molecule has 0 radical (unpaired) electrons. The number of rotatable bonds is 6. The Morgan fingerprint density at radius 2 is 1.79 bits per heavy atom. The smallest absolute Gasteiger partial charge is 0.405 e. The molecule has 0 spiro atoms. The standard InChI is InChI=1S/C24H35N3O2/c1-24(2,3)20-11-9-19(10-12-20)22(29-23(25)28)13-14-26-15-17-27(18-16-26)21-7-5-4-6-8-21/h5,7-12,22H,4,6,13-18H2,1-3H3,(H2,25,28). The van der Waals surface area contributed by atoms with Crippen molar-refractivity contribution in [3.05, 3.63) is 59.3 Å². The number of benzene rings is 1. The Kier molecular flexibility index (Phi) is 7.01. The van der Waals surface area contributed by atoms with Crippen LogP contribution < -0.4 is 5.73 Å². The van der Waals surface area contributed by atoms with Crippen LogP contribution in [0.4, 0.5) is 4.79 Å². The predicted molar refractivity (Wildman–Crippen MR) is 118 cm³/mol. The molecular weight excluding hydrogens is 362 g/mol. The van der Waals surface area contributed by atoms with Crippen molar-refractivity contribution >= 4 is 6.09 Å². The van der Waals surface area contributed by atoms with Crippen molar-refractivity contribution in [1.82, 2.24) is 9.80 Å². The lowest BCUT2D eigenvalue weighted by Crippen LogP contribution is -2.46. The first-order chi connectivity index (χ1) is 13.8. The molecule has 2 aliphatic rings. The van der Waals surface area contributed by atoms with Crippen molar-refractivity contribution < 1.29 is 9.53 Å². The summed E-state index contributed by atoms with van der Waals surface area (Å²) in [5.41, 5.74) is 9.08. The molecule has 1 heterocycles. The van der Waals surface area contributed by atoms with E-state index in [0.717, 1.165) is 57.5 Å². The van der Waals surface area contributed by atoms with Gasteiger partial charge in [-0.2, -0.15) is 0 Å². The monoisotopic (exact) mass is 397 g/mol. The van der Waals surface area contributed by atoms with E-state index in [9.17, 15) is 4.79 Å². The van der Waals surface area contributed by atoms with Gasteiger partial charge in [0.1, 0.15) is 6.10 Å². The summed E-state index contributed by atoms with van der Waals surface area (Å²) >= 11 is 0. The van der Waals surface area contributed by atoms with E-state index < -0.39 is 6.09 Å². The van der Waals surface area contributed by atoms with Gasteiger partial charge in [0.05, 0.1) is 0 Å². The number of amides is 1. The van der Waals surface area contributed by atoms with E-state index in [1.807, 2.05) is 0 Å². The van der Waals surface area contributed by atoms with Crippen molar-refractivity contribution in [2.24, 2.45) is 5.73 Å². The molecule has 1 aliphatic heterocycles. The zero-order valence-electron chi connectivity index (χ0n) is 18.1. The first-order valence-electron chi connectivity index (χ1n) is 10.7. The second-order valence-corrected chi connectivity index (χ2v) is 9.02. The van der Waals surface area contributed by atoms with E-state index in [0.29, 0.717) is 0 Å². The van der Waals surface area contributed by atoms with Crippen LogP contribution in [0.3, 0.4) is 0 Å². The van der Waals surface area contributed by atoms with Crippen LogP contribution in [-0.4, -0.2) is 48.6 Å². The number of allylic oxidation sites excluding steroid dienone is 3. The first kappa shape index (κ1) is 21.4. The van der Waals surface area contributed by atoms with Crippen LogP contribution in [0, 0.1) is 0 Å².